The summed E-state index contributed by atoms with van der Waals surface area (Å²) in [6.07, 6.45) is 3.34. The zero-order valence-electron chi connectivity index (χ0n) is 11.6. The summed E-state index contributed by atoms with van der Waals surface area (Å²) in [7, 11) is 0. The fourth-order valence-electron chi connectivity index (χ4n) is 3.40. The number of thiophene rings is 1. The zero-order valence-corrected chi connectivity index (χ0v) is 12.4. The molecule has 3 heterocycles. The predicted octanol–water partition coefficient (Wildman–Crippen LogP) is 2.98. The summed E-state index contributed by atoms with van der Waals surface area (Å²) in [6.45, 7) is 5.73. The van der Waals surface area contributed by atoms with E-state index in [1.807, 2.05) is 11.3 Å². The van der Waals surface area contributed by atoms with E-state index < -0.39 is 0 Å². The van der Waals surface area contributed by atoms with E-state index >= 15 is 0 Å². The third-order valence-electron chi connectivity index (χ3n) is 4.34. The molecule has 106 valence electrons. The summed E-state index contributed by atoms with van der Waals surface area (Å²) in [6, 6.07) is 4.88. The van der Waals surface area contributed by atoms with Gasteiger partial charge >= 0.3 is 0 Å². The second-order valence-electron chi connectivity index (χ2n) is 5.64. The molecule has 0 aromatic carbocycles. The van der Waals surface area contributed by atoms with Gasteiger partial charge in [-0.25, -0.2) is 0 Å². The van der Waals surface area contributed by atoms with Crippen LogP contribution >= 0.6 is 11.3 Å². The highest BCUT2D eigenvalue weighted by Crippen LogP contribution is 2.41. The average molecular weight is 281 g/mol. The quantitative estimate of drug-likeness (QED) is 0.920. The van der Waals surface area contributed by atoms with Crippen LogP contribution in [0.1, 0.15) is 37.1 Å². The van der Waals surface area contributed by atoms with Gasteiger partial charge in [-0.15, -0.1) is 11.3 Å². The van der Waals surface area contributed by atoms with Crippen molar-refractivity contribution in [3.05, 3.63) is 22.4 Å². The molecule has 1 aromatic rings. The van der Waals surface area contributed by atoms with Gasteiger partial charge in [0.05, 0.1) is 12.2 Å². The molecule has 0 amide bonds. The van der Waals surface area contributed by atoms with Crippen molar-refractivity contribution >= 4 is 11.3 Å². The van der Waals surface area contributed by atoms with Crippen LogP contribution in [0.15, 0.2) is 17.5 Å². The Kier molecular flexibility index (Phi) is 4.22. The van der Waals surface area contributed by atoms with Gasteiger partial charge in [0.2, 0.25) is 0 Å². The average Bonchev–Trinajstić information content (AvgIpc) is 3.08. The summed E-state index contributed by atoms with van der Waals surface area (Å²) in [5, 5.41) is 5.85. The lowest BCUT2D eigenvalue weighted by Gasteiger charge is -2.40. The second-order valence-corrected chi connectivity index (χ2v) is 6.62. The van der Waals surface area contributed by atoms with Crippen molar-refractivity contribution in [2.75, 3.05) is 26.4 Å². The van der Waals surface area contributed by atoms with E-state index in [4.69, 9.17) is 9.47 Å². The molecule has 4 heteroatoms. The minimum Gasteiger partial charge on any atom is -0.378 e. The number of hydrogen-bond acceptors (Lipinski definition) is 4. The van der Waals surface area contributed by atoms with Crippen LogP contribution in [-0.2, 0) is 9.47 Å². The zero-order chi connectivity index (χ0) is 13.1. The highest BCUT2D eigenvalue weighted by atomic mass is 32.1. The summed E-state index contributed by atoms with van der Waals surface area (Å²) < 4.78 is 11.6. The maximum Gasteiger partial charge on any atom is 0.0940 e. The Morgan fingerprint density at radius 1 is 1.53 bits per heavy atom. The van der Waals surface area contributed by atoms with Crippen LogP contribution in [0.2, 0.25) is 0 Å². The second kappa shape index (κ2) is 5.92. The van der Waals surface area contributed by atoms with Gasteiger partial charge in [-0.05, 0) is 36.8 Å². The van der Waals surface area contributed by atoms with E-state index in [2.05, 4.69) is 29.8 Å². The van der Waals surface area contributed by atoms with Crippen molar-refractivity contribution in [3.8, 4) is 0 Å². The highest BCUT2D eigenvalue weighted by Gasteiger charge is 2.43. The first-order chi connectivity index (χ1) is 9.33. The van der Waals surface area contributed by atoms with Crippen LogP contribution in [-0.4, -0.2) is 32.0 Å². The van der Waals surface area contributed by atoms with Crippen molar-refractivity contribution < 1.29 is 9.47 Å². The lowest BCUT2D eigenvalue weighted by molar-refractivity contribution is -0.103. The van der Waals surface area contributed by atoms with Crippen LogP contribution in [0, 0.1) is 5.92 Å². The molecule has 3 nitrogen and oxygen atoms in total. The summed E-state index contributed by atoms with van der Waals surface area (Å²) >= 11 is 1.86. The van der Waals surface area contributed by atoms with Gasteiger partial charge in [0, 0.05) is 30.6 Å². The topological polar surface area (TPSA) is 30.5 Å². The van der Waals surface area contributed by atoms with Gasteiger partial charge in [0.1, 0.15) is 0 Å². The van der Waals surface area contributed by atoms with E-state index in [1.165, 1.54) is 4.88 Å². The lowest BCUT2D eigenvalue weighted by Crippen LogP contribution is -2.44. The molecule has 2 saturated heterocycles. The monoisotopic (exact) mass is 281 g/mol. The molecule has 2 aliphatic rings. The first kappa shape index (κ1) is 13.6. The minimum atomic E-state index is 0.00779. The Balaban J connectivity index is 1.74. The molecule has 19 heavy (non-hydrogen) atoms. The molecule has 3 atom stereocenters. The Morgan fingerprint density at radius 2 is 2.47 bits per heavy atom. The Labute approximate surface area is 119 Å². The Morgan fingerprint density at radius 3 is 3.16 bits per heavy atom. The van der Waals surface area contributed by atoms with Gasteiger partial charge in [0.25, 0.3) is 0 Å². The van der Waals surface area contributed by atoms with Gasteiger partial charge in [-0.1, -0.05) is 13.0 Å². The first-order valence-electron chi connectivity index (χ1n) is 7.31. The van der Waals surface area contributed by atoms with E-state index in [9.17, 15) is 0 Å². The normalized spacial score (nSPS) is 32.8. The maximum atomic E-state index is 6.05. The summed E-state index contributed by atoms with van der Waals surface area (Å²) in [5.74, 6) is 0.661. The van der Waals surface area contributed by atoms with Gasteiger partial charge in [-0.3, -0.25) is 0 Å². The highest BCUT2D eigenvalue weighted by molar-refractivity contribution is 7.10. The Bertz CT molecular complexity index is 387. The van der Waals surface area contributed by atoms with Crippen molar-refractivity contribution in [2.45, 2.75) is 37.8 Å². The molecule has 1 N–H and O–H groups in total. The number of ether oxygens (including phenoxy) is 2. The van der Waals surface area contributed by atoms with Crippen molar-refractivity contribution in [3.63, 3.8) is 0 Å². The van der Waals surface area contributed by atoms with E-state index in [0.29, 0.717) is 12.0 Å². The number of nitrogens with one attached hydrogen (secondary N) is 1. The lowest BCUT2D eigenvalue weighted by atomic mass is 9.80. The molecule has 0 aliphatic carbocycles. The fourth-order valence-corrected chi connectivity index (χ4v) is 4.29. The molecule has 0 radical (unpaired) electrons. The van der Waals surface area contributed by atoms with Crippen molar-refractivity contribution in [1.29, 1.82) is 0 Å². The van der Waals surface area contributed by atoms with Crippen LogP contribution in [0.5, 0.6) is 0 Å². The van der Waals surface area contributed by atoms with E-state index in [-0.39, 0.29) is 5.60 Å². The molecule has 0 bridgehead atoms. The molecular weight excluding hydrogens is 258 g/mol. The van der Waals surface area contributed by atoms with Crippen LogP contribution in [0.25, 0.3) is 0 Å². The smallest absolute Gasteiger partial charge is 0.0940 e. The number of rotatable bonds is 4. The van der Waals surface area contributed by atoms with E-state index in [1.54, 1.807) is 0 Å². The third kappa shape index (κ3) is 2.87. The Hall–Kier alpha value is -0.420. The standard InChI is InChI=1S/C15H23NO2S/c1-2-16-14(13-4-3-9-19-13)12-5-7-18-15(10-12)6-8-17-11-15/h3-4,9,12,14,16H,2,5-8,10-11H2,1H3. The van der Waals surface area contributed by atoms with Crippen LogP contribution in [0.4, 0.5) is 0 Å². The van der Waals surface area contributed by atoms with Crippen molar-refractivity contribution in [1.82, 2.24) is 5.32 Å². The molecule has 2 aliphatic heterocycles. The summed E-state index contributed by atoms with van der Waals surface area (Å²) in [4.78, 5) is 1.46. The van der Waals surface area contributed by atoms with Crippen LogP contribution in [0.3, 0.4) is 0 Å². The first-order valence-corrected chi connectivity index (χ1v) is 8.19. The summed E-state index contributed by atoms with van der Waals surface area (Å²) in [5.41, 5.74) is 0.00779. The minimum absolute atomic E-state index is 0.00779. The molecular formula is C15H23NO2S. The maximum absolute atomic E-state index is 6.05. The molecule has 3 rings (SSSR count). The van der Waals surface area contributed by atoms with E-state index in [0.717, 1.165) is 45.6 Å². The third-order valence-corrected chi connectivity index (χ3v) is 5.30. The van der Waals surface area contributed by atoms with Gasteiger partial charge < -0.3 is 14.8 Å². The molecule has 2 fully saturated rings. The van der Waals surface area contributed by atoms with Crippen molar-refractivity contribution in [2.24, 2.45) is 5.92 Å². The predicted molar refractivity (Wildman–Crippen MR) is 77.6 cm³/mol. The SMILES string of the molecule is CCNC(c1cccs1)C1CCOC2(CCOC2)C1. The number of hydrogen-bond donors (Lipinski definition) is 1. The molecule has 3 unspecified atom stereocenters. The van der Waals surface area contributed by atoms with Gasteiger partial charge in [-0.2, -0.15) is 0 Å². The van der Waals surface area contributed by atoms with Crippen LogP contribution < -0.4 is 5.32 Å². The molecule has 1 spiro atoms. The molecule has 1 aromatic heterocycles. The van der Waals surface area contributed by atoms with Gasteiger partial charge in [0.15, 0.2) is 0 Å². The largest absolute Gasteiger partial charge is 0.378 e. The molecule has 0 saturated carbocycles. The fraction of sp³-hybridized carbons (Fsp3) is 0.733.